The van der Waals surface area contributed by atoms with Crippen molar-refractivity contribution in [3.05, 3.63) is 101 Å². The van der Waals surface area contributed by atoms with Crippen molar-refractivity contribution in [3.8, 4) is 11.1 Å². The number of fused-ring (bicyclic) bond motifs is 4. The van der Waals surface area contributed by atoms with Gasteiger partial charge in [-0.3, -0.25) is 0 Å². The minimum atomic E-state index is -3.24. The third-order valence-electron chi connectivity index (χ3n) is 6.60. The van der Waals surface area contributed by atoms with Crippen LogP contribution < -0.4 is 0 Å². The van der Waals surface area contributed by atoms with Gasteiger partial charge in [-0.25, -0.2) is 0 Å². The van der Waals surface area contributed by atoms with E-state index < -0.39 is 17.4 Å². The van der Waals surface area contributed by atoms with Gasteiger partial charge >= 0.3 is 159 Å². The topological polar surface area (TPSA) is 0 Å². The molecule has 0 bridgehead atoms. The van der Waals surface area contributed by atoms with Gasteiger partial charge in [0.05, 0.1) is 0 Å². The second-order valence-corrected chi connectivity index (χ2v) is 39.6. The van der Waals surface area contributed by atoms with Crippen LogP contribution in [0.4, 0.5) is 0 Å². The second-order valence-electron chi connectivity index (χ2n) is 9.01. The number of benzene rings is 3. The number of hydrogen-bond donors (Lipinski definition) is 0. The molecule has 2 aliphatic carbocycles. The molecule has 0 aromatic heterocycles. The molecule has 0 saturated heterocycles. The first kappa shape index (κ1) is 21.8. The maximum atomic E-state index is 2.68. The Morgan fingerprint density at radius 1 is 0.679 bits per heavy atom. The molecule has 0 radical (unpaired) electrons. The van der Waals surface area contributed by atoms with E-state index >= 15 is 0 Å². The van der Waals surface area contributed by atoms with Gasteiger partial charge in [-0.1, -0.05) is 0 Å². The van der Waals surface area contributed by atoms with E-state index in [1.165, 1.54) is 16.7 Å². The van der Waals surface area contributed by atoms with Crippen LogP contribution in [-0.4, -0.2) is 6.88 Å². The van der Waals surface area contributed by atoms with Crippen molar-refractivity contribution in [2.75, 3.05) is 0 Å². The first-order valence-corrected chi connectivity index (χ1v) is 23.2. The van der Waals surface area contributed by atoms with Crippen LogP contribution in [0.25, 0.3) is 17.2 Å². The predicted molar refractivity (Wildman–Crippen MR) is 127 cm³/mol. The van der Waals surface area contributed by atoms with Crippen LogP contribution in [-0.2, 0) is 17.4 Å². The van der Waals surface area contributed by atoms with E-state index in [9.17, 15) is 0 Å². The molecule has 2 aliphatic rings. The summed E-state index contributed by atoms with van der Waals surface area (Å²) in [7, 11) is 0. The summed E-state index contributed by atoms with van der Waals surface area (Å²) >= 11 is -3.24. The average Bonchev–Trinajstić information content (AvgIpc) is 3.22. The van der Waals surface area contributed by atoms with Gasteiger partial charge in [-0.05, 0) is 0 Å². The summed E-state index contributed by atoms with van der Waals surface area (Å²) in [4.78, 5) is 0. The maximum absolute atomic E-state index is 3.24. The first-order chi connectivity index (χ1) is 12.5. The number of rotatable bonds is 2. The molecule has 1 unspecified atom stereocenters. The zero-order valence-electron chi connectivity index (χ0n) is 16.3. The molecule has 3 aromatic rings. The van der Waals surface area contributed by atoms with Crippen molar-refractivity contribution >= 4 is 37.8 Å². The number of hydrogen-bond acceptors (Lipinski definition) is 0. The van der Waals surface area contributed by atoms with Crippen LogP contribution in [0, 0.1) is 0 Å². The molecule has 0 amide bonds. The SMILES string of the molecule is Cl.Cl.[CH3][Zr]([CH3])(=[SiH2])([CH]1C=Cc2ccccc21)[CH]1c2ccccc2-c2ccccc21. The molecule has 0 aliphatic heterocycles. The van der Waals surface area contributed by atoms with E-state index in [2.05, 4.69) is 101 Å². The summed E-state index contributed by atoms with van der Waals surface area (Å²) in [6.07, 6.45) is 4.88. The fourth-order valence-electron chi connectivity index (χ4n) is 5.43. The van der Waals surface area contributed by atoms with Gasteiger partial charge in [0.1, 0.15) is 0 Å². The molecule has 3 aromatic carbocycles. The molecule has 144 valence electrons. The van der Waals surface area contributed by atoms with Crippen molar-refractivity contribution in [2.45, 2.75) is 16.5 Å². The van der Waals surface area contributed by atoms with Crippen LogP contribution in [0.5, 0.6) is 0 Å². The van der Waals surface area contributed by atoms with Crippen LogP contribution in [0.2, 0.25) is 9.26 Å². The molecule has 0 spiro atoms. The quantitative estimate of drug-likeness (QED) is 0.341. The van der Waals surface area contributed by atoms with E-state index in [1.54, 1.807) is 16.7 Å². The Bertz CT molecular complexity index is 1100. The van der Waals surface area contributed by atoms with E-state index in [1.807, 2.05) is 0 Å². The van der Waals surface area contributed by atoms with Gasteiger partial charge in [0.2, 0.25) is 0 Å². The molecule has 0 nitrogen and oxygen atoms in total. The molecular formula is C24H26Cl2SiZr. The Kier molecular flexibility index (Phi) is 5.76. The zero-order chi connectivity index (χ0) is 18.0. The Balaban J connectivity index is 0.00000112. The standard InChI is InChI=1S/C13H9.C9H7.2CH3.2ClH.H2Si.Zr/c1-3-7-12-10(5-1)9-11-6-2-4-8-13(11)12;1-2-5-9-7-3-6-8(9)4-1;;;;;;/h1-9H;1-7H;2*1H3;2*1H;1H2;. The summed E-state index contributed by atoms with van der Waals surface area (Å²) in [5.74, 6) is 0. The Morgan fingerprint density at radius 3 is 1.71 bits per heavy atom. The van der Waals surface area contributed by atoms with Crippen LogP contribution >= 0.6 is 24.8 Å². The van der Waals surface area contributed by atoms with Crippen molar-refractivity contribution < 1.29 is 17.4 Å². The van der Waals surface area contributed by atoms with E-state index in [4.69, 9.17) is 0 Å². The minimum absolute atomic E-state index is 0. The van der Waals surface area contributed by atoms with Crippen molar-refractivity contribution in [1.82, 2.24) is 0 Å². The van der Waals surface area contributed by atoms with Gasteiger partial charge in [-0.15, -0.1) is 24.8 Å². The Labute approximate surface area is 182 Å². The molecule has 5 rings (SSSR count). The van der Waals surface area contributed by atoms with E-state index in [0.717, 1.165) is 0 Å². The Morgan fingerprint density at radius 2 is 1.14 bits per heavy atom. The van der Waals surface area contributed by atoms with Gasteiger partial charge in [-0.2, -0.15) is 0 Å². The first-order valence-electron chi connectivity index (χ1n) is 9.48. The molecule has 0 fully saturated rings. The van der Waals surface area contributed by atoms with Gasteiger partial charge in [0.15, 0.2) is 0 Å². The van der Waals surface area contributed by atoms with E-state index in [-0.39, 0.29) is 24.8 Å². The molecule has 0 saturated carbocycles. The summed E-state index contributed by atoms with van der Waals surface area (Å²) in [5.41, 5.74) is 9.03. The van der Waals surface area contributed by atoms with Gasteiger partial charge < -0.3 is 0 Å². The second kappa shape index (κ2) is 7.40. The third kappa shape index (κ3) is 3.05. The summed E-state index contributed by atoms with van der Waals surface area (Å²) < 4.78 is 6.55. The van der Waals surface area contributed by atoms with Gasteiger partial charge in [0, 0.05) is 0 Å². The summed E-state index contributed by atoms with van der Waals surface area (Å²) in [6.45, 7) is 2.40. The molecule has 0 heterocycles. The monoisotopic (exact) mass is 502 g/mol. The molecule has 4 heteroatoms. The molecular weight excluding hydrogens is 478 g/mol. The summed E-state index contributed by atoms with van der Waals surface area (Å²) in [6, 6.07) is 27.3. The van der Waals surface area contributed by atoms with Crippen molar-refractivity contribution in [1.29, 1.82) is 0 Å². The van der Waals surface area contributed by atoms with Gasteiger partial charge in [0.25, 0.3) is 0 Å². The number of halogens is 2. The van der Waals surface area contributed by atoms with E-state index in [0.29, 0.717) is 7.25 Å². The van der Waals surface area contributed by atoms with Crippen LogP contribution in [0.3, 0.4) is 0 Å². The number of allylic oxidation sites excluding steroid dienone is 1. The van der Waals surface area contributed by atoms with Crippen LogP contribution in [0.15, 0.2) is 78.9 Å². The molecule has 1 atom stereocenters. The predicted octanol–water partition coefficient (Wildman–Crippen LogP) is 6.70. The third-order valence-corrected chi connectivity index (χ3v) is 24.1. The molecule has 0 N–H and O–H groups in total. The van der Waals surface area contributed by atoms with Crippen molar-refractivity contribution in [3.63, 3.8) is 0 Å². The van der Waals surface area contributed by atoms with Crippen molar-refractivity contribution in [2.24, 2.45) is 0 Å². The van der Waals surface area contributed by atoms with Crippen LogP contribution in [0.1, 0.15) is 29.5 Å². The molecule has 28 heavy (non-hydrogen) atoms. The average molecular weight is 505 g/mol. The zero-order valence-corrected chi connectivity index (χ0v) is 21.8. The summed E-state index contributed by atoms with van der Waals surface area (Å²) in [5, 5.41) is 0. The Hall–Kier alpha value is -0.920. The normalized spacial score (nSPS) is 17.2. The fraction of sp³-hybridized carbons (Fsp3) is 0.167. The fourth-order valence-corrected chi connectivity index (χ4v) is 22.2.